The number of carbonyl (C=O) groups is 1. The van der Waals surface area contributed by atoms with Gasteiger partial charge in [0.05, 0.1) is 17.9 Å². The van der Waals surface area contributed by atoms with Gasteiger partial charge in [0.2, 0.25) is 5.91 Å². The number of aromatic nitrogens is 1. The van der Waals surface area contributed by atoms with Crippen LogP contribution in [0.15, 0.2) is 12.3 Å². The van der Waals surface area contributed by atoms with Crippen molar-refractivity contribution in [1.29, 1.82) is 0 Å². The van der Waals surface area contributed by atoms with Crippen LogP contribution in [0.25, 0.3) is 0 Å². The van der Waals surface area contributed by atoms with E-state index in [4.69, 9.17) is 17.3 Å². The number of aryl methyl sites for hydroxylation is 1. The van der Waals surface area contributed by atoms with E-state index in [9.17, 15) is 4.79 Å². The summed E-state index contributed by atoms with van der Waals surface area (Å²) >= 11 is 5.74. The number of anilines is 1. The molecule has 17 heavy (non-hydrogen) atoms. The predicted octanol–water partition coefficient (Wildman–Crippen LogP) is 2.36. The molecule has 0 bridgehead atoms. The molecule has 1 rings (SSSR count). The number of nitrogens with two attached hydrogens (primary N) is 1. The zero-order valence-electron chi connectivity index (χ0n) is 10.3. The monoisotopic (exact) mass is 255 g/mol. The van der Waals surface area contributed by atoms with Crippen molar-refractivity contribution in [2.75, 3.05) is 5.32 Å². The van der Waals surface area contributed by atoms with E-state index >= 15 is 0 Å². The molecule has 1 heterocycles. The summed E-state index contributed by atoms with van der Waals surface area (Å²) in [5.74, 6) is -0.0397. The van der Waals surface area contributed by atoms with Gasteiger partial charge < -0.3 is 11.1 Å². The molecular weight excluding hydrogens is 238 g/mol. The van der Waals surface area contributed by atoms with E-state index in [-0.39, 0.29) is 11.8 Å². The topological polar surface area (TPSA) is 68.0 Å². The molecule has 0 spiro atoms. The zero-order valence-corrected chi connectivity index (χ0v) is 11.1. The summed E-state index contributed by atoms with van der Waals surface area (Å²) in [4.78, 5) is 15.8. The van der Waals surface area contributed by atoms with E-state index in [0.717, 1.165) is 12.0 Å². The molecule has 0 saturated heterocycles. The number of rotatable bonds is 4. The predicted molar refractivity (Wildman–Crippen MR) is 70.0 cm³/mol. The maximum Gasteiger partial charge on any atom is 0.241 e. The van der Waals surface area contributed by atoms with E-state index in [0.29, 0.717) is 10.8 Å². The van der Waals surface area contributed by atoms with Gasteiger partial charge in [0.25, 0.3) is 0 Å². The molecule has 0 aliphatic carbocycles. The van der Waals surface area contributed by atoms with Crippen molar-refractivity contribution in [3.63, 3.8) is 0 Å². The molecule has 4 nitrogen and oxygen atoms in total. The minimum Gasteiger partial charge on any atom is -0.323 e. The summed E-state index contributed by atoms with van der Waals surface area (Å²) in [5, 5.41) is 3.18. The Bertz CT molecular complexity index is 409. The highest BCUT2D eigenvalue weighted by Crippen LogP contribution is 2.17. The summed E-state index contributed by atoms with van der Waals surface area (Å²) in [6.45, 7) is 5.82. The van der Waals surface area contributed by atoms with Crippen molar-refractivity contribution in [3.8, 4) is 0 Å². The van der Waals surface area contributed by atoms with Crippen molar-refractivity contribution >= 4 is 23.2 Å². The fraction of sp³-hybridized carbons (Fsp3) is 0.500. The number of pyridine rings is 1. The van der Waals surface area contributed by atoms with Gasteiger partial charge in [-0.1, -0.05) is 31.9 Å². The maximum atomic E-state index is 11.9. The highest BCUT2D eigenvalue weighted by molar-refractivity contribution is 6.29. The van der Waals surface area contributed by atoms with E-state index < -0.39 is 6.04 Å². The first-order valence-electron chi connectivity index (χ1n) is 5.64. The molecule has 0 fully saturated rings. The van der Waals surface area contributed by atoms with Crippen molar-refractivity contribution in [2.24, 2.45) is 11.7 Å². The molecule has 0 saturated carbocycles. The molecule has 1 aromatic rings. The van der Waals surface area contributed by atoms with Crippen LogP contribution in [0.3, 0.4) is 0 Å². The molecular formula is C12H18ClN3O. The smallest absolute Gasteiger partial charge is 0.241 e. The van der Waals surface area contributed by atoms with Crippen molar-refractivity contribution < 1.29 is 4.79 Å². The number of nitrogens with zero attached hydrogens (tertiary/aromatic N) is 1. The molecule has 5 heteroatoms. The van der Waals surface area contributed by atoms with Crippen LogP contribution in [0.5, 0.6) is 0 Å². The van der Waals surface area contributed by atoms with E-state index in [1.807, 2.05) is 20.8 Å². The number of hydrogen-bond acceptors (Lipinski definition) is 3. The highest BCUT2D eigenvalue weighted by atomic mass is 35.5. The number of halogens is 1. The second-order valence-corrected chi connectivity index (χ2v) is 4.61. The lowest BCUT2D eigenvalue weighted by molar-refractivity contribution is -0.118. The minimum absolute atomic E-state index is 0.149. The summed E-state index contributed by atoms with van der Waals surface area (Å²) in [7, 11) is 0. The summed E-state index contributed by atoms with van der Waals surface area (Å²) in [6, 6.07) is 1.20. The third-order valence-electron chi connectivity index (χ3n) is 2.90. The lowest BCUT2D eigenvalue weighted by Gasteiger charge is -2.18. The van der Waals surface area contributed by atoms with Crippen LogP contribution in [0.2, 0.25) is 5.15 Å². The highest BCUT2D eigenvalue weighted by Gasteiger charge is 2.19. The Morgan fingerprint density at radius 3 is 2.82 bits per heavy atom. The number of carbonyl (C=O) groups excluding carboxylic acids is 1. The van der Waals surface area contributed by atoms with Gasteiger partial charge in [0.15, 0.2) is 0 Å². The van der Waals surface area contributed by atoms with Gasteiger partial charge >= 0.3 is 0 Å². The first-order valence-corrected chi connectivity index (χ1v) is 6.02. The van der Waals surface area contributed by atoms with Gasteiger partial charge in [0, 0.05) is 0 Å². The van der Waals surface area contributed by atoms with Crippen LogP contribution in [-0.4, -0.2) is 16.9 Å². The molecule has 0 aromatic carbocycles. The van der Waals surface area contributed by atoms with E-state index in [1.165, 1.54) is 0 Å². The normalized spacial score (nSPS) is 14.2. The second kappa shape index (κ2) is 5.98. The molecule has 2 atom stereocenters. The number of amides is 1. The number of hydrogen-bond donors (Lipinski definition) is 2. The van der Waals surface area contributed by atoms with Crippen LogP contribution >= 0.6 is 11.6 Å². The molecule has 0 aliphatic rings. The fourth-order valence-electron chi connectivity index (χ4n) is 1.38. The second-order valence-electron chi connectivity index (χ2n) is 4.22. The largest absolute Gasteiger partial charge is 0.323 e. The molecule has 94 valence electrons. The minimum atomic E-state index is -0.505. The Morgan fingerprint density at radius 2 is 2.29 bits per heavy atom. The average Bonchev–Trinajstić information content (AvgIpc) is 2.30. The van der Waals surface area contributed by atoms with Gasteiger partial charge in [-0.25, -0.2) is 4.98 Å². The Labute approximate surface area is 107 Å². The molecule has 1 aromatic heterocycles. The van der Waals surface area contributed by atoms with Crippen molar-refractivity contribution in [1.82, 2.24) is 4.98 Å². The van der Waals surface area contributed by atoms with Crippen LogP contribution in [0.4, 0.5) is 5.69 Å². The van der Waals surface area contributed by atoms with Gasteiger partial charge in [-0.05, 0) is 24.5 Å². The Morgan fingerprint density at radius 1 is 1.65 bits per heavy atom. The lowest BCUT2D eigenvalue weighted by atomic mass is 9.99. The summed E-state index contributed by atoms with van der Waals surface area (Å²) in [5.41, 5.74) is 7.36. The first kappa shape index (κ1) is 13.9. The third-order valence-corrected chi connectivity index (χ3v) is 3.10. The molecule has 0 aliphatic heterocycles. The van der Waals surface area contributed by atoms with E-state index in [2.05, 4.69) is 10.3 Å². The van der Waals surface area contributed by atoms with Crippen molar-refractivity contribution in [3.05, 3.63) is 23.0 Å². The average molecular weight is 256 g/mol. The molecule has 0 radical (unpaired) electrons. The van der Waals surface area contributed by atoms with Crippen LogP contribution in [0.1, 0.15) is 25.8 Å². The van der Waals surface area contributed by atoms with Gasteiger partial charge in [-0.2, -0.15) is 0 Å². The zero-order chi connectivity index (χ0) is 13.0. The van der Waals surface area contributed by atoms with E-state index in [1.54, 1.807) is 12.3 Å². The third kappa shape index (κ3) is 3.68. The summed E-state index contributed by atoms with van der Waals surface area (Å²) in [6.07, 6.45) is 2.41. The molecule has 3 N–H and O–H groups in total. The molecule has 1 unspecified atom stereocenters. The maximum absolute atomic E-state index is 11.9. The standard InChI is InChI=1S/C12H18ClN3O/c1-4-7(2)11(14)12(17)16-9-6-15-10(13)5-8(9)3/h5-7,11H,4,14H2,1-3H3,(H,16,17)/t7?,11-/m0/s1. The molecule has 1 amide bonds. The summed E-state index contributed by atoms with van der Waals surface area (Å²) < 4.78 is 0. The Kier molecular flexibility index (Phi) is 4.90. The SMILES string of the molecule is CCC(C)[C@H](N)C(=O)Nc1cnc(Cl)cc1C. The van der Waals surface area contributed by atoms with Gasteiger partial charge in [-0.15, -0.1) is 0 Å². The van der Waals surface area contributed by atoms with Gasteiger partial charge in [-0.3, -0.25) is 4.79 Å². The Hall–Kier alpha value is -1.13. The first-order chi connectivity index (χ1) is 7.95. The number of nitrogens with one attached hydrogen (secondary N) is 1. The quantitative estimate of drug-likeness (QED) is 0.812. The van der Waals surface area contributed by atoms with Crippen LogP contribution in [-0.2, 0) is 4.79 Å². The lowest BCUT2D eigenvalue weighted by Crippen LogP contribution is -2.40. The fourth-order valence-corrected chi connectivity index (χ4v) is 1.59. The van der Waals surface area contributed by atoms with Crippen LogP contribution in [0, 0.1) is 12.8 Å². The van der Waals surface area contributed by atoms with Gasteiger partial charge in [0.1, 0.15) is 5.15 Å². The van der Waals surface area contributed by atoms with Crippen molar-refractivity contribution in [2.45, 2.75) is 33.2 Å². The van der Waals surface area contributed by atoms with Crippen LogP contribution < -0.4 is 11.1 Å². The Balaban J connectivity index is 2.74.